The fourth-order valence-electron chi connectivity index (χ4n) is 3.14. The summed E-state index contributed by atoms with van der Waals surface area (Å²) in [6.45, 7) is 1.11. The highest BCUT2D eigenvalue weighted by atomic mass is 32.2. The SMILES string of the molecule is O=S(=O)(c1ccc(NC(CO)Cc2ccccc2)nc1)N1CCCCC1. The molecule has 1 unspecified atom stereocenters. The molecule has 2 heterocycles. The highest BCUT2D eigenvalue weighted by Gasteiger charge is 2.26. The van der Waals surface area contributed by atoms with Crippen molar-refractivity contribution in [3.63, 3.8) is 0 Å². The number of hydrogen-bond acceptors (Lipinski definition) is 5. The van der Waals surface area contributed by atoms with Crippen molar-refractivity contribution in [1.29, 1.82) is 0 Å². The molecule has 0 saturated carbocycles. The zero-order chi connectivity index (χ0) is 18.4. The van der Waals surface area contributed by atoms with Crippen LogP contribution in [0.2, 0.25) is 0 Å². The smallest absolute Gasteiger partial charge is 0.244 e. The van der Waals surface area contributed by atoms with Crippen molar-refractivity contribution in [2.24, 2.45) is 0 Å². The van der Waals surface area contributed by atoms with Gasteiger partial charge in [-0.15, -0.1) is 0 Å². The van der Waals surface area contributed by atoms with Crippen LogP contribution in [0, 0.1) is 0 Å². The molecule has 1 saturated heterocycles. The monoisotopic (exact) mass is 375 g/mol. The van der Waals surface area contributed by atoms with Crippen LogP contribution in [0.25, 0.3) is 0 Å². The number of benzene rings is 1. The summed E-state index contributed by atoms with van der Waals surface area (Å²) in [6, 6.07) is 12.9. The largest absolute Gasteiger partial charge is 0.394 e. The van der Waals surface area contributed by atoms with Crippen molar-refractivity contribution in [2.75, 3.05) is 25.0 Å². The van der Waals surface area contributed by atoms with Crippen molar-refractivity contribution < 1.29 is 13.5 Å². The van der Waals surface area contributed by atoms with Crippen LogP contribution in [0.4, 0.5) is 5.82 Å². The van der Waals surface area contributed by atoms with Gasteiger partial charge in [0.05, 0.1) is 12.6 Å². The third kappa shape index (κ3) is 4.60. The van der Waals surface area contributed by atoms with Gasteiger partial charge in [-0.05, 0) is 37.0 Å². The lowest BCUT2D eigenvalue weighted by Crippen LogP contribution is -2.35. The van der Waals surface area contributed by atoms with Crippen molar-refractivity contribution in [1.82, 2.24) is 9.29 Å². The Labute approximate surface area is 154 Å². The number of piperidine rings is 1. The van der Waals surface area contributed by atoms with Crippen molar-refractivity contribution in [3.05, 3.63) is 54.2 Å². The van der Waals surface area contributed by atoms with Gasteiger partial charge in [-0.1, -0.05) is 36.8 Å². The molecule has 1 fully saturated rings. The van der Waals surface area contributed by atoms with E-state index in [1.807, 2.05) is 30.3 Å². The van der Waals surface area contributed by atoms with E-state index in [4.69, 9.17) is 0 Å². The number of aliphatic hydroxyl groups is 1. The first kappa shape index (κ1) is 18.8. The summed E-state index contributed by atoms with van der Waals surface area (Å²) >= 11 is 0. The highest BCUT2D eigenvalue weighted by Crippen LogP contribution is 2.21. The van der Waals surface area contributed by atoms with Crippen molar-refractivity contribution >= 4 is 15.8 Å². The number of pyridine rings is 1. The van der Waals surface area contributed by atoms with Crippen LogP contribution in [0.5, 0.6) is 0 Å². The minimum absolute atomic E-state index is 0.0373. The minimum atomic E-state index is -3.47. The van der Waals surface area contributed by atoms with E-state index in [0.29, 0.717) is 25.3 Å². The standard InChI is InChI=1S/C19H25N3O3S/c23-15-17(13-16-7-3-1-4-8-16)21-19-10-9-18(14-20-19)26(24,25)22-11-5-2-6-12-22/h1,3-4,7-10,14,17,23H,2,5-6,11-13,15H2,(H,20,21). The topological polar surface area (TPSA) is 82.5 Å². The summed E-state index contributed by atoms with van der Waals surface area (Å²) in [4.78, 5) is 4.46. The number of nitrogens with one attached hydrogen (secondary N) is 1. The molecular formula is C19H25N3O3S. The Morgan fingerprint density at radius 1 is 1.08 bits per heavy atom. The lowest BCUT2D eigenvalue weighted by atomic mass is 10.1. The fourth-order valence-corrected chi connectivity index (χ4v) is 4.60. The van der Waals surface area contributed by atoms with E-state index in [9.17, 15) is 13.5 Å². The molecule has 1 aliphatic rings. The number of rotatable bonds is 7. The Morgan fingerprint density at radius 2 is 1.81 bits per heavy atom. The molecule has 6 nitrogen and oxygen atoms in total. The lowest BCUT2D eigenvalue weighted by molar-refractivity contribution is 0.273. The van der Waals surface area contributed by atoms with Crippen LogP contribution in [-0.2, 0) is 16.4 Å². The van der Waals surface area contributed by atoms with Crippen LogP contribution < -0.4 is 5.32 Å². The van der Waals surface area contributed by atoms with E-state index in [0.717, 1.165) is 24.8 Å². The van der Waals surface area contributed by atoms with Gasteiger partial charge in [0, 0.05) is 19.3 Å². The number of aliphatic hydroxyl groups excluding tert-OH is 1. The molecule has 26 heavy (non-hydrogen) atoms. The number of nitrogens with zero attached hydrogens (tertiary/aromatic N) is 2. The Kier molecular flexibility index (Phi) is 6.24. The molecule has 3 rings (SSSR count). The summed E-state index contributed by atoms with van der Waals surface area (Å²) in [6.07, 6.45) is 4.95. The number of sulfonamides is 1. The summed E-state index contributed by atoms with van der Waals surface area (Å²) in [5, 5.41) is 12.8. The number of aromatic nitrogens is 1. The maximum atomic E-state index is 12.6. The van der Waals surface area contributed by atoms with E-state index in [2.05, 4.69) is 10.3 Å². The predicted molar refractivity (Wildman–Crippen MR) is 101 cm³/mol. The number of hydrogen-bond donors (Lipinski definition) is 2. The third-order valence-corrected chi connectivity index (χ3v) is 6.47. The molecule has 0 radical (unpaired) electrons. The van der Waals surface area contributed by atoms with Gasteiger partial charge >= 0.3 is 0 Å². The molecule has 1 aliphatic heterocycles. The average molecular weight is 375 g/mol. The van der Waals surface area contributed by atoms with Crippen LogP contribution in [0.3, 0.4) is 0 Å². The van der Waals surface area contributed by atoms with Crippen molar-refractivity contribution in [2.45, 2.75) is 36.6 Å². The molecule has 140 valence electrons. The first-order chi connectivity index (χ1) is 12.6. The second-order valence-corrected chi connectivity index (χ2v) is 8.50. The van der Waals surface area contributed by atoms with Gasteiger partial charge in [-0.3, -0.25) is 0 Å². The van der Waals surface area contributed by atoms with E-state index >= 15 is 0 Å². The minimum Gasteiger partial charge on any atom is -0.394 e. The first-order valence-electron chi connectivity index (χ1n) is 8.97. The molecule has 0 bridgehead atoms. The maximum absolute atomic E-state index is 12.6. The van der Waals surface area contributed by atoms with Crippen LogP contribution in [-0.4, -0.2) is 48.6 Å². The Balaban J connectivity index is 1.66. The normalized spacial score (nSPS) is 17.0. The summed E-state index contributed by atoms with van der Waals surface area (Å²) in [7, 11) is -3.47. The van der Waals surface area contributed by atoms with Gasteiger partial charge in [-0.2, -0.15) is 4.31 Å². The van der Waals surface area contributed by atoms with Gasteiger partial charge in [-0.25, -0.2) is 13.4 Å². The van der Waals surface area contributed by atoms with Gasteiger partial charge in [0.1, 0.15) is 10.7 Å². The third-order valence-electron chi connectivity index (χ3n) is 4.59. The zero-order valence-corrected chi connectivity index (χ0v) is 15.5. The second kappa shape index (κ2) is 8.62. The summed E-state index contributed by atoms with van der Waals surface area (Å²) < 4.78 is 26.8. The molecule has 1 atom stereocenters. The van der Waals surface area contributed by atoms with Crippen LogP contribution in [0.15, 0.2) is 53.6 Å². The Hall–Kier alpha value is -1.96. The lowest BCUT2D eigenvalue weighted by Gasteiger charge is -2.25. The van der Waals surface area contributed by atoms with Gasteiger partial charge in [0.2, 0.25) is 10.0 Å². The summed E-state index contributed by atoms with van der Waals surface area (Å²) in [5.41, 5.74) is 1.11. The zero-order valence-electron chi connectivity index (χ0n) is 14.7. The van der Waals surface area contributed by atoms with Crippen molar-refractivity contribution in [3.8, 4) is 0 Å². The fraction of sp³-hybridized carbons (Fsp3) is 0.421. The van der Waals surface area contributed by atoms with Crippen LogP contribution >= 0.6 is 0 Å². The van der Waals surface area contributed by atoms with Gasteiger partial charge in [0.15, 0.2) is 0 Å². The highest BCUT2D eigenvalue weighted by molar-refractivity contribution is 7.89. The number of anilines is 1. The molecule has 2 aromatic rings. The molecule has 0 aliphatic carbocycles. The molecule has 7 heteroatoms. The quantitative estimate of drug-likeness (QED) is 0.776. The molecule has 1 aromatic carbocycles. The van der Waals surface area contributed by atoms with E-state index < -0.39 is 10.0 Å². The van der Waals surface area contributed by atoms with E-state index in [1.165, 1.54) is 10.5 Å². The van der Waals surface area contributed by atoms with Gasteiger partial charge < -0.3 is 10.4 Å². The predicted octanol–water partition coefficient (Wildman–Crippen LogP) is 2.27. The molecule has 0 spiro atoms. The van der Waals surface area contributed by atoms with E-state index in [1.54, 1.807) is 12.1 Å². The summed E-state index contributed by atoms with van der Waals surface area (Å²) in [5.74, 6) is 0.553. The Bertz CT molecular complexity index is 789. The van der Waals surface area contributed by atoms with E-state index in [-0.39, 0.29) is 17.5 Å². The average Bonchev–Trinajstić information content (AvgIpc) is 2.69. The molecule has 0 amide bonds. The van der Waals surface area contributed by atoms with Crippen LogP contribution in [0.1, 0.15) is 24.8 Å². The second-order valence-electron chi connectivity index (χ2n) is 6.56. The van der Waals surface area contributed by atoms with Gasteiger partial charge in [0.25, 0.3) is 0 Å². The molecule has 1 aromatic heterocycles. The first-order valence-corrected chi connectivity index (χ1v) is 10.4. The molecule has 2 N–H and O–H groups in total. The maximum Gasteiger partial charge on any atom is 0.244 e. The Morgan fingerprint density at radius 3 is 2.42 bits per heavy atom. The molecular weight excluding hydrogens is 350 g/mol.